The van der Waals surface area contributed by atoms with Gasteiger partial charge < -0.3 is 9.80 Å². The van der Waals surface area contributed by atoms with Gasteiger partial charge in [-0.15, -0.1) is 0 Å². The van der Waals surface area contributed by atoms with Gasteiger partial charge in [-0.1, -0.05) is 24.6 Å². The number of hydrogen-bond donors (Lipinski definition) is 0. The predicted molar refractivity (Wildman–Crippen MR) is 121 cm³/mol. The van der Waals surface area contributed by atoms with Crippen LogP contribution in [-0.2, 0) is 11.2 Å². The van der Waals surface area contributed by atoms with Crippen molar-refractivity contribution in [2.24, 2.45) is 0 Å². The number of piperidine rings is 2. The van der Waals surface area contributed by atoms with Crippen LogP contribution in [0.3, 0.4) is 0 Å². The third-order valence-electron chi connectivity index (χ3n) is 6.98. The molecule has 0 N–H and O–H groups in total. The average Bonchev–Trinajstić information content (AvgIpc) is 3.03. The zero-order valence-electron chi connectivity index (χ0n) is 18.9. The SMILES string of the molecule is Cc1ccccc1-n1nc(C)c(CC(=O)N2CCCCC2CN2CCCCC2)c1C. The van der Waals surface area contributed by atoms with Gasteiger partial charge in [0.25, 0.3) is 0 Å². The minimum absolute atomic E-state index is 0.271. The van der Waals surface area contributed by atoms with E-state index in [1.165, 1.54) is 44.3 Å². The number of carbonyl (C=O) groups is 1. The van der Waals surface area contributed by atoms with Crippen LogP contribution in [0.5, 0.6) is 0 Å². The second-order valence-electron chi connectivity index (χ2n) is 9.12. The monoisotopic (exact) mass is 408 g/mol. The molecule has 0 saturated carbocycles. The summed E-state index contributed by atoms with van der Waals surface area (Å²) in [5.74, 6) is 0.271. The summed E-state index contributed by atoms with van der Waals surface area (Å²) in [6, 6.07) is 8.67. The summed E-state index contributed by atoms with van der Waals surface area (Å²) in [4.78, 5) is 18.2. The van der Waals surface area contributed by atoms with E-state index in [1.54, 1.807) is 0 Å². The van der Waals surface area contributed by atoms with E-state index in [0.717, 1.165) is 48.6 Å². The first-order valence-corrected chi connectivity index (χ1v) is 11.7. The van der Waals surface area contributed by atoms with Gasteiger partial charge in [0.1, 0.15) is 0 Å². The third-order valence-corrected chi connectivity index (χ3v) is 6.98. The first kappa shape index (κ1) is 21.1. The third kappa shape index (κ3) is 4.46. The first-order valence-electron chi connectivity index (χ1n) is 11.7. The summed E-state index contributed by atoms with van der Waals surface area (Å²) in [6.07, 6.45) is 7.93. The molecule has 0 aliphatic carbocycles. The van der Waals surface area contributed by atoms with Crippen LogP contribution in [-0.4, -0.2) is 57.7 Å². The quantitative estimate of drug-likeness (QED) is 0.744. The molecule has 2 aliphatic heterocycles. The molecule has 2 aliphatic rings. The maximum absolute atomic E-state index is 13.4. The molecule has 0 radical (unpaired) electrons. The molecule has 162 valence electrons. The summed E-state index contributed by atoms with van der Waals surface area (Å²) in [6.45, 7) is 10.6. The molecule has 1 unspecified atom stereocenters. The summed E-state index contributed by atoms with van der Waals surface area (Å²) in [5.41, 5.74) is 5.43. The van der Waals surface area contributed by atoms with Crippen molar-refractivity contribution in [1.29, 1.82) is 0 Å². The highest BCUT2D eigenvalue weighted by molar-refractivity contribution is 5.80. The predicted octanol–water partition coefficient (Wildman–Crippen LogP) is 4.21. The number of amides is 1. The molecule has 2 fully saturated rings. The molecule has 5 heteroatoms. The van der Waals surface area contributed by atoms with E-state index >= 15 is 0 Å². The van der Waals surface area contributed by atoms with Gasteiger partial charge in [-0.3, -0.25) is 4.79 Å². The van der Waals surface area contributed by atoms with Crippen molar-refractivity contribution < 1.29 is 4.79 Å². The smallest absolute Gasteiger partial charge is 0.227 e. The molecule has 2 saturated heterocycles. The lowest BCUT2D eigenvalue weighted by Gasteiger charge is -2.40. The van der Waals surface area contributed by atoms with Crippen LogP contribution < -0.4 is 0 Å². The van der Waals surface area contributed by atoms with Gasteiger partial charge >= 0.3 is 0 Å². The molecule has 2 aromatic rings. The standard InChI is InChI=1S/C25H36N4O/c1-19-11-5-6-13-24(19)29-21(3)23(20(2)26-29)17-25(30)28-16-10-7-12-22(28)18-27-14-8-4-9-15-27/h5-6,11,13,22H,4,7-10,12,14-18H2,1-3H3. The molecule has 1 aromatic heterocycles. The zero-order valence-corrected chi connectivity index (χ0v) is 18.9. The molecule has 5 nitrogen and oxygen atoms in total. The number of rotatable bonds is 5. The second-order valence-corrected chi connectivity index (χ2v) is 9.12. The van der Waals surface area contributed by atoms with E-state index in [9.17, 15) is 4.79 Å². The molecular weight excluding hydrogens is 372 g/mol. The Morgan fingerprint density at radius 1 is 1.00 bits per heavy atom. The number of nitrogens with zero attached hydrogens (tertiary/aromatic N) is 4. The molecule has 4 rings (SSSR count). The topological polar surface area (TPSA) is 41.4 Å². The van der Waals surface area contributed by atoms with Crippen molar-refractivity contribution in [3.63, 3.8) is 0 Å². The average molecular weight is 409 g/mol. The minimum atomic E-state index is 0.271. The lowest BCUT2D eigenvalue weighted by Crippen LogP contribution is -2.50. The Balaban J connectivity index is 1.50. The van der Waals surface area contributed by atoms with Crippen molar-refractivity contribution in [2.75, 3.05) is 26.2 Å². The van der Waals surface area contributed by atoms with Crippen molar-refractivity contribution in [1.82, 2.24) is 19.6 Å². The highest BCUT2D eigenvalue weighted by atomic mass is 16.2. The van der Waals surface area contributed by atoms with Gasteiger partial charge in [0.2, 0.25) is 5.91 Å². The van der Waals surface area contributed by atoms with Gasteiger partial charge in [0, 0.05) is 30.4 Å². The molecule has 0 spiro atoms. The van der Waals surface area contributed by atoms with E-state index in [0.29, 0.717) is 12.5 Å². The molecule has 1 aromatic carbocycles. The van der Waals surface area contributed by atoms with Gasteiger partial charge in [0.15, 0.2) is 0 Å². The summed E-state index contributed by atoms with van der Waals surface area (Å²) in [7, 11) is 0. The summed E-state index contributed by atoms with van der Waals surface area (Å²) < 4.78 is 2.01. The van der Waals surface area contributed by atoms with E-state index in [2.05, 4.69) is 35.8 Å². The van der Waals surface area contributed by atoms with E-state index in [1.807, 2.05) is 23.7 Å². The van der Waals surface area contributed by atoms with Crippen molar-refractivity contribution >= 4 is 5.91 Å². The van der Waals surface area contributed by atoms with Crippen molar-refractivity contribution in [3.8, 4) is 5.69 Å². The van der Waals surface area contributed by atoms with Crippen molar-refractivity contribution in [3.05, 3.63) is 46.8 Å². The Morgan fingerprint density at radius 2 is 1.73 bits per heavy atom. The van der Waals surface area contributed by atoms with E-state index < -0.39 is 0 Å². The Morgan fingerprint density at radius 3 is 2.50 bits per heavy atom. The molecule has 3 heterocycles. The fourth-order valence-corrected chi connectivity index (χ4v) is 5.18. The van der Waals surface area contributed by atoms with Gasteiger partial charge in [0.05, 0.1) is 17.8 Å². The molecule has 1 atom stereocenters. The Bertz CT molecular complexity index is 881. The maximum atomic E-state index is 13.4. The van der Waals surface area contributed by atoms with Crippen LogP contribution in [0.4, 0.5) is 0 Å². The Labute approximate surface area is 181 Å². The fraction of sp³-hybridized carbons (Fsp3) is 0.600. The number of aromatic nitrogens is 2. The number of likely N-dealkylation sites (tertiary alicyclic amines) is 2. The lowest BCUT2D eigenvalue weighted by atomic mass is 9.99. The molecular formula is C25H36N4O. The van der Waals surface area contributed by atoms with E-state index in [4.69, 9.17) is 5.10 Å². The van der Waals surface area contributed by atoms with Crippen LogP contribution in [0.1, 0.15) is 61.0 Å². The highest BCUT2D eigenvalue weighted by Gasteiger charge is 2.29. The molecule has 1 amide bonds. The Kier molecular flexibility index (Phi) is 6.57. The number of benzene rings is 1. The van der Waals surface area contributed by atoms with Crippen molar-refractivity contribution in [2.45, 2.75) is 71.8 Å². The van der Waals surface area contributed by atoms with E-state index in [-0.39, 0.29) is 5.91 Å². The number of carbonyl (C=O) groups excluding carboxylic acids is 1. The van der Waals surface area contributed by atoms with Crippen LogP contribution in [0.25, 0.3) is 5.69 Å². The number of aryl methyl sites for hydroxylation is 2. The largest absolute Gasteiger partial charge is 0.338 e. The minimum Gasteiger partial charge on any atom is -0.338 e. The van der Waals surface area contributed by atoms with Crippen LogP contribution in [0, 0.1) is 20.8 Å². The van der Waals surface area contributed by atoms with Gasteiger partial charge in [-0.2, -0.15) is 5.10 Å². The van der Waals surface area contributed by atoms with Gasteiger partial charge in [-0.25, -0.2) is 4.68 Å². The lowest BCUT2D eigenvalue weighted by molar-refractivity contribution is -0.134. The molecule has 30 heavy (non-hydrogen) atoms. The first-order chi connectivity index (χ1) is 14.5. The Hall–Kier alpha value is -2.14. The second kappa shape index (κ2) is 9.34. The van der Waals surface area contributed by atoms with Crippen LogP contribution in [0.2, 0.25) is 0 Å². The van der Waals surface area contributed by atoms with Gasteiger partial charge in [-0.05, 0) is 77.6 Å². The normalized spacial score (nSPS) is 20.5. The molecule has 0 bridgehead atoms. The summed E-state index contributed by atoms with van der Waals surface area (Å²) >= 11 is 0. The van der Waals surface area contributed by atoms with Crippen LogP contribution in [0.15, 0.2) is 24.3 Å². The highest BCUT2D eigenvalue weighted by Crippen LogP contribution is 2.24. The zero-order chi connectivity index (χ0) is 21.1. The van der Waals surface area contributed by atoms with Crippen LogP contribution >= 0.6 is 0 Å². The maximum Gasteiger partial charge on any atom is 0.227 e. The number of hydrogen-bond acceptors (Lipinski definition) is 3. The fourth-order valence-electron chi connectivity index (χ4n) is 5.18. The number of para-hydroxylation sites is 1. The summed E-state index contributed by atoms with van der Waals surface area (Å²) in [5, 5.41) is 4.79.